The molecule has 1 aliphatic rings. The summed E-state index contributed by atoms with van der Waals surface area (Å²) in [5, 5.41) is 7.94. The maximum absolute atomic E-state index is 11.8. The second-order valence-electron chi connectivity index (χ2n) is 9.55. The number of hydrogen-bond donors (Lipinski definition) is 0. The Hall–Kier alpha value is -4.41. The molecular weight excluding hydrogens is 540 g/mol. The predicted octanol–water partition coefficient (Wildman–Crippen LogP) is 6.02. The van der Waals surface area contributed by atoms with Gasteiger partial charge in [0.1, 0.15) is 18.8 Å². The Bertz CT molecular complexity index is 1350. The quantitative estimate of drug-likeness (QED) is 0.0993. The second-order valence-corrected chi connectivity index (χ2v) is 9.55. The van der Waals surface area contributed by atoms with E-state index in [4.69, 9.17) is 23.7 Å². The molecule has 1 saturated heterocycles. The van der Waals surface area contributed by atoms with Crippen LogP contribution in [0.3, 0.4) is 0 Å². The summed E-state index contributed by atoms with van der Waals surface area (Å²) in [7, 11) is 0. The molecule has 3 aromatic carbocycles. The average Bonchev–Trinajstić information content (AvgIpc) is 3.02. The van der Waals surface area contributed by atoms with Crippen LogP contribution in [0.5, 0.6) is 0 Å². The summed E-state index contributed by atoms with van der Waals surface area (Å²) in [6, 6.07) is 27.3. The van der Waals surface area contributed by atoms with E-state index in [-0.39, 0.29) is 26.4 Å². The highest BCUT2D eigenvalue weighted by Crippen LogP contribution is 2.33. The van der Waals surface area contributed by atoms with Gasteiger partial charge >= 0.3 is 5.97 Å². The van der Waals surface area contributed by atoms with Gasteiger partial charge in [0, 0.05) is 16.7 Å². The molecule has 0 radical (unpaired) electrons. The minimum atomic E-state index is -1.17. The Balaban J connectivity index is 1.67. The van der Waals surface area contributed by atoms with Gasteiger partial charge in [-0.05, 0) is 27.8 Å². The molecule has 0 saturated carbocycles. The minimum absolute atomic E-state index is 0.156. The van der Waals surface area contributed by atoms with Crippen LogP contribution in [0.1, 0.15) is 23.6 Å². The second kappa shape index (κ2) is 16.1. The molecule has 6 atom stereocenters. The normalized spacial score (nSPS) is 22.3. The summed E-state index contributed by atoms with van der Waals surface area (Å²) in [6.07, 6.45) is -4.95. The molecule has 0 aromatic heterocycles. The highest BCUT2D eigenvalue weighted by atomic mass is 16.6. The fourth-order valence-electron chi connectivity index (χ4n) is 4.62. The molecule has 0 aliphatic carbocycles. The van der Waals surface area contributed by atoms with Crippen molar-refractivity contribution in [1.82, 2.24) is 0 Å². The van der Waals surface area contributed by atoms with Crippen LogP contribution in [-0.2, 0) is 48.3 Å². The van der Waals surface area contributed by atoms with Gasteiger partial charge in [-0.25, -0.2) is 0 Å². The van der Waals surface area contributed by atoms with Gasteiger partial charge in [-0.15, -0.1) is 0 Å². The fourth-order valence-corrected chi connectivity index (χ4v) is 4.62. The van der Waals surface area contributed by atoms with Gasteiger partial charge in [-0.2, -0.15) is 0 Å². The lowest BCUT2D eigenvalue weighted by atomic mass is 9.92. The maximum atomic E-state index is 11.8. The predicted molar refractivity (Wildman–Crippen MR) is 152 cm³/mol. The Morgan fingerprint density at radius 3 is 1.79 bits per heavy atom. The van der Waals surface area contributed by atoms with Crippen molar-refractivity contribution in [2.45, 2.75) is 63.4 Å². The van der Waals surface area contributed by atoms with E-state index in [1.54, 1.807) is 0 Å². The SMILES string of the molecule is CC(=O)OC[C@H](OCc1ccccc1)[C@@H]1O[C@H](N=[N+]=[N-])[C@H](OCc2ccccc2)[C@H](OCc2ccccc2)[C@H]1N=[N+]=[N-]. The first-order valence-electron chi connectivity index (χ1n) is 13.4. The van der Waals surface area contributed by atoms with Crippen LogP contribution < -0.4 is 0 Å². The highest BCUT2D eigenvalue weighted by Gasteiger charge is 2.50. The van der Waals surface area contributed by atoms with E-state index in [0.717, 1.165) is 16.7 Å². The monoisotopic (exact) mass is 572 g/mol. The topological polar surface area (TPSA) is 161 Å². The highest BCUT2D eigenvalue weighted by molar-refractivity contribution is 5.65. The number of carbonyl (C=O) groups is 1. The number of rotatable bonds is 14. The number of esters is 1. The molecule has 1 aliphatic heterocycles. The average molecular weight is 573 g/mol. The Labute approximate surface area is 243 Å². The zero-order valence-corrected chi connectivity index (χ0v) is 23.1. The van der Waals surface area contributed by atoms with E-state index in [1.165, 1.54) is 6.92 Å². The van der Waals surface area contributed by atoms with Crippen molar-refractivity contribution in [1.29, 1.82) is 0 Å². The third-order valence-corrected chi connectivity index (χ3v) is 6.62. The van der Waals surface area contributed by atoms with Crippen LogP contribution in [0.25, 0.3) is 20.9 Å². The molecule has 0 N–H and O–H groups in total. The molecule has 42 heavy (non-hydrogen) atoms. The minimum Gasteiger partial charge on any atom is -0.463 e. The maximum Gasteiger partial charge on any atom is 0.302 e. The number of azide groups is 2. The van der Waals surface area contributed by atoms with Crippen molar-refractivity contribution in [3.63, 3.8) is 0 Å². The van der Waals surface area contributed by atoms with Gasteiger partial charge < -0.3 is 23.7 Å². The molecule has 218 valence electrons. The molecule has 0 unspecified atom stereocenters. The number of ether oxygens (including phenoxy) is 5. The lowest BCUT2D eigenvalue weighted by Crippen LogP contribution is -2.61. The first-order valence-corrected chi connectivity index (χ1v) is 13.4. The summed E-state index contributed by atoms with van der Waals surface area (Å²) in [5.41, 5.74) is 21.7. The zero-order chi connectivity index (χ0) is 29.6. The standard InChI is InChI=1S/C30H32N6O6/c1-21(37)38-20-25(39-17-22-11-5-2-6-12-22)27-26(33-35-31)28(40-18-23-13-7-3-8-14-23)29(30(42-27)34-36-32)41-19-24-15-9-4-10-16-24/h2-16,25-30H,17-20H2,1H3/t25-,26-,27-,28+,29+,30-/m0/s1. The molecule has 0 bridgehead atoms. The number of benzene rings is 3. The van der Waals surface area contributed by atoms with Gasteiger partial charge in [-0.3, -0.25) is 4.79 Å². The first-order chi connectivity index (χ1) is 20.6. The van der Waals surface area contributed by atoms with Gasteiger partial charge in [0.25, 0.3) is 0 Å². The molecule has 1 fully saturated rings. The van der Waals surface area contributed by atoms with E-state index < -0.39 is 42.7 Å². The van der Waals surface area contributed by atoms with Crippen LogP contribution in [-0.4, -0.2) is 49.3 Å². The van der Waals surface area contributed by atoms with E-state index in [9.17, 15) is 15.9 Å². The first kappa shape index (κ1) is 30.5. The van der Waals surface area contributed by atoms with Crippen LogP contribution >= 0.6 is 0 Å². The van der Waals surface area contributed by atoms with Crippen LogP contribution in [0.2, 0.25) is 0 Å². The van der Waals surface area contributed by atoms with Crippen molar-refractivity contribution in [3.8, 4) is 0 Å². The van der Waals surface area contributed by atoms with Crippen LogP contribution in [0.4, 0.5) is 0 Å². The van der Waals surface area contributed by atoms with Gasteiger partial charge in [0.15, 0.2) is 6.23 Å². The molecule has 3 aromatic rings. The molecular formula is C30H32N6O6. The van der Waals surface area contributed by atoms with Gasteiger partial charge in [0.05, 0.1) is 38.1 Å². The molecule has 4 rings (SSSR count). The summed E-state index contributed by atoms with van der Waals surface area (Å²) in [6.45, 7) is 1.55. The lowest BCUT2D eigenvalue weighted by molar-refractivity contribution is -0.240. The van der Waals surface area contributed by atoms with Crippen LogP contribution in [0, 0.1) is 0 Å². The summed E-state index contributed by atoms with van der Waals surface area (Å²) >= 11 is 0. The summed E-state index contributed by atoms with van der Waals surface area (Å²) in [4.78, 5) is 17.8. The third kappa shape index (κ3) is 8.79. The third-order valence-electron chi connectivity index (χ3n) is 6.62. The Morgan fingerprint density at radius 2 is 1.29 bits per heavy atom. The smallest absolute Gasteiger partial charge is 0.302 e. The molecule has 0 spiro atoms. The largest absolute Gasteiger partial charge is 0.463 e. The van der Waals surface area contributed by atoms with Crippen LogP contribution in [0.15, 0.2) is 101 Å². The van der Waals surface area contributed by atoms with E-state index in [1.807, 2.05) is 91.0 Å². The molecule has 0 amide bonds. The summed E-state index contributed by atoms with van der Waals surface area (Å²) in [5.74, 6) is -0.521. The Morgan fingerprint density at radius 1 is 0.786 bits per heavy atom. The van der Waals surface area contributed by atoms with Gasteiger partial charge in [0.2, 0.25) is 0 Å². The Kier molecular flexibility index (Phi) is 11.7. The van der Waals surface area contributed by atoms with Crippen molar-refractivity contribution in [2.24, 2.45) is 10.2 Å². The van der Waals surface area contributed by atoms with Gasteiger partial charge in [-0.1, -0.05) is 101 Å². The van der Waals surface area contributed by atoms with E-state index in [0.29, 0.717) is 0 Å². The van der Waals surface area contributed by atoms with E-state index in [2.05, 4.69) is 20.1 Å². The lowest BCUT2D eigenvalue weighted by Gasteiger charge is -2.45. The number of carbonyl (C=O) groups excluding carboxylic acids is 1. The molecule has 1 heterocycles. The van der Waals surface area contributed by atoms with Crippen molar-refractivity contribution in [3.05, 3.63) is 129 Å². The van der Waals surface area contributed by atoms with Crippen molar-refractivity contribution < 1.29 is 28.5 Å². The molecule has 12 nitrogen and oxygen atoms in total. The van der Waals surface area contributed by atoms with Crippen molar-refractivity contribution >= 4 is 5.97 Å². The number of hydrogen-bond acceptors (Lipinski definition) is 8. The van der Waals surface area contributed by atoms with Crippen molar-refractivity contribution in [2.75, 3.05) is 6.61 Å². The zero-order valence-electron chi connectivity index (χ0n) is 23.1. The fraction of sp³-hybridized carbons (Fsp3) is 0.367. The number of nitrogens with zero attached hydrogens (tertiary/aromatic N) is 6. The van der Waals surface area contributed by atoms with E-state index >= 15 is 0 Å². The summed E-state index contributed by atoms with van der Waals surface area (Å²) < 4.78 is 30.3. The molecule has 12 heteroatoms.